The predicted molar refractivity (Wildman–Crippen MR) is 234 cm³/mol. The van der Waals surface area contributed by atoms with Crippen LogP contribution in [-0.2, 0) is 5.41 Å². The molecule has 0 amide bonds. The number of allylic oxidation sites excluding steroid dienone is 3. The van der Waals surface area contributed by atoms with Crippen molar-refractivity contribution in [3.05, 3.63) is 211 Å². The van der Waals surface area contributed by atoms with E-state index in [1.165, 1.54) is 44.0 Å². The van der Waals surface area contributed by atoms with Gasteiger partial charge in [-0.15, -0.1) is 0 Å². The Morgan fingerprint density at radius 1 is 0.582 bits per heavy atom. The van der Waals surface area contributed by atoms with Crippen LogP contribution in [0, 0.1) is 0 Å². The number of hydrogen-bond donors (Lipinski definition) is 0. The molecule has 0 saturated heterocycles. The Bertz CT molecular complexity index is 3040. The van der Waals surface area contributed by atoms with Gasteiger partial charge in [-0.1, -0.05) is 172 Å². The van der Waals surface area contributed by atoms with E-state index in [1.54, 1.807) is 0 Å². The lowest BCUT2D eigenvalue weighted by molar-refractivity contribution is 0.660. The quantitative estimate of drug-likeness (QED) is 0.154. The first kappa shape index (κ1) is 32.7. The van der Waals surface area contributed by atoms with Gasteiger partial charge in [-0.2, -0.15) is 0 Å². The van der Waals surface area contributed by atoms with Crippen LogP contribution in [-0.4, -0.2) is 0 Å². The first-order valence-corrected chi connectivity index (χ1v) is 19.0. The molecule has 55 heavy (non-hydrogen) atoms. The molecular formula is C53H39NO. The van der Waals surface area contributed by atoms with E-state index in [4.69, 9.17) is 4.42 Å². The molecule has 0 bridgehead atoms. The van der Waals surface area contributed by atoms with Gasteiger partial charge in [0.25, 0.3) is 0 Å². The molecular weight excluding hydrogens is 667 g/mol. The second kappa shape index (κ2) is 12.9. The van der Waals surface area contributed by atoms with Crippen LogP contribution in [0.4, 0.5) is 11.4 Å². The minimum absolute atomic E-state index is 0.235. The summed E-state index contributed by atoms with van der Waals surface area (Å²) < 4.78 is 6.85. The van der Waals surface area contributed by atoms with E-state index in [-0.39, 0.29) is 5.41 Å². The van der Waals surface area contributed by atoms with Gasteiger partial charge in [0.2, 0.25) is 0 Å². The Morgan fingerprint density at radius 3 is 2.11 bits per heavy atom. The summed E-state index contributed by atoms with van der Waals surface area (Å²) >= 11 is 0. The van der Waals surface area contributed by atoms with Crippen molar-refractivity contribution in [2.75, 3.05) is 4.90 Å². The fourth-order valence-corrected chi connectivity index (χ4v) is 8.90. The number of benzene rings is 8. The SMILES string of the molecule is C=C/C=C\C(=C\c1cccc2c1oc1c3ccccc3ccc21)N(c1cccc(-c2cccc3ccccc23)c1)c1cccc2c1C(C)(C)c1ccccc1-2. The zero-order valence-electron chi connectivity index (χ0n) is 31.0. The minimum Gasteiger partial charge on any atom is -0.455 e. The maximum absolute atomic E-state index is 6.85. The summed E-state index contributed by atoms with van der Waals surface area (Å²) in [6, 6.07) is 59.1. The van der Waals surface area contributed by atoms with Crippen LogP contribution in [0.2, 0.25) is 0 Å². The summed E-state index contributed by atoms with van der Waals surface area (Å²) in [4.78, 5) is 2.43. The Labute approximate surface area is 321 Å². The Balaban J connectivity index is 1.25. The van der Waals surface area contributed by atoms with Crippen LogP contribution in [0.15, 0.2) is 199 Å². The number of hydrogen-bond acceptors (Lipinski definition) is 2. The molecule has 1 heterocycles. The predicted octanol–water partition coefficient (Wildman–Crippen LogP) is 14.8. The van der Waals surface area contributed by atoms with Crippen LogP contribution in [0.5, 0.6) is 0 Å². The molecule has 9 aromatic rings. The van der Waals surface area contributed by atoms with Gasteiger partial charge >= 0.3 is 0 Å². The summed E-state index contributed by atoms with van der Waals surface area (Å²) in [5.74, 6) is 0. The van der Waals surface area contributed by atoms with Gasteiger partial charge in [0.05, 0.1) is 5.69 Å². The van der Waals surface area contributed by atoms with Crippen molar-refractivity contribution in [1.82, 2.24) is 0 Å². The summed E-state index contributed by atoms with van der Waals surface area (Å²) in [6.45, 7) is 8.80. The van der Waals surface area contributed by atoms with Crippen molar-refractivity contribution in [2.45, 2.75) is 19.3 Å². The lowest BCUT2D eigenvalue weighted by Crippen LogP contribution is -2.22. The van der Waals surface area contributed by atoms with Crippen LogP contribution in [0.1, 0.15) is 30.5 Å². The molecule has 0 unspecified atom stereocenters. The Morgan fingerprint density at radius 2 is 1.24 bits per heavy atom. The largest absolute Gasteiger partial charge is 0.455 e. The van der Waals surface area contributed by atoms with Crippen molar-refractivity contribution in [1.29, 1.82) is 0 Å². The fourth-order valence-electron chi connectivity index (χ4n) is 8.90. The van der Waals surface area contributed by atoms with Gasteiger partial charge in [-0.3, -0.25) is 0 Å². The second-order valence-corrected chi connectivity index (χ2v) is 14.9. The molecule has 1 aliphatic rings. The van der Waals surface area contributed by atoms with E-state index in [0.29, 0.717) is 0 Å². The monoisotopic (exact) mass is 705 g/mol. The van der Waals surface area contributed by atoms with E-state index in [0.717, 1.165) is 55.5 Å². The number of furan rings is 1. The highest BCUT2D eigenvalue weighted by Gasteiger charge is 2.38. The molecule has 2 nitrogen and oxygen atoms in total. The molecule has 0 atom stereocenters. The first-order valence-electron chi connectivity index (χ1n) is 19.0. The van der Waals surface area contributed by atoms with E-state index < -0.39 is 0 Å². The van der Waals surface area contributed by atoms with Gasteiger partial charge in [-0.25, -0.2) is 0 Å². The van der Waals surface area contributed by atoms with Crippen LogP contribution >= 0.6 is 0 Å². The average Bonchev–Trinajstić information content (AvgIpc) is 3.73. The fraction of sp³-hybridized carbons (Fsp3) is 0.0566. The number of anilines is 2. The second-order valence-electron chi connectivity index (χ2n) is 14.9. The zero-order chi connectivity index (χ0) is 37.1. The number of fused-ring (bicyclic) bond motifs is 9. The Hall–Kier alpha value is -6.90. The number of rotatable bonds is 7. The summed E-state index contributed by atoms with van der Waals surface area (Å²) in [7, 11) is 0. The van der Waals surface area contributed by atoms with E-state index in [1.807, 2.05) is 12.2 Å². The number of para-hydroxylation sites is 1. The smallest absolute Gasteiger partial charge is 0.143 e. The molecule has 262 valence electrons. The maximum atomic E-state index is 6.85. The normalized spacial score (nSPS) is 13.5. The average molecular weight is 706 g/mol. The maximum Gasteiger partial charge on any atom is 0.143 e. The molecule has 8 aromatic carbocycles. The van der Waals surface area contributed by atoms with Crippen LogP contribution < -0.4 is 4.90 Å². The van der Waals surface area contributed by atoms with E-state index >= 15 is 0 Å². The third-order valence-electron chi connectivity index (χ3n) is 11.4. The highest BCUT2D eigenvalue weighted by atomic mass is 16.3. The van der Waals surface area contributed by atoms with Crippen LogP contribution in [0.3, 0.4) is 0 Å². The molecule has 0 N–H and O–H groups in total. The molecule has 0 saturated carbocycles. The molecule has 1 aliphatic carbocycles. The van der Waals surface area contributed by atoms with Gasteiger partial charge in [0.1, 0.15) is 11.2 Å². The van der Waals surface area contributed by atoms with Gasteiger partial charge in [0.15, 0.2) is 0 Å². The third kappa shape index (κ3) is 5.25. The molecule has 0 fully saturated rings. The zero-order valence-corrected chi connectivity index (χ0v) is 31.0. The Kier molecular flexibility index (Phi) is 7.67. The first-order chi connectivity index (χ1) is 27.0. The summed E-state index contributed by atoms with van der Waals surface area (Å²) in [5.41, 5.74) is 13.3. The molecule has 0 radical (unpaired) electrons. The van der Waals surface area contributed by atoms with Crippen molar-refractivity contribution < 1.29 is 4.42 Å². The van der Waals surface area contributed by atoms with Crippen molar-refractivity contribution in [3.8, 4) is 22.3 Å². The van der Waals surface area contributed by atoms with E-state index in [2.05, 4.69) is 201 Å². The summed E-state index contributed by atoms with van der Waals surface area (Å²) in [5, 5.41) is 6.96. The van der Waals surface area contributed by atoms with E-state index in [9.17, 15) is 0 Å². The molecule has 1 aromatic heterocycles. The summed E-state index contributed by atoms with van der Waals surface area (Å²) in [6.07, 6.45) is 8.32. The van der Waals surface area contributed by atoms with Crippen molar-refractivity contribution >= 4 is 60.9 Å². The van der Waals surface area contributed by atoms with Gasteiger partial charge in [0, 0.05) is 38.5 Å². The standard InChI is InChI=1S/C53H39NO/c1-4-5-21-39(34-38-20-14-28-46-47-32-31-36-17-7-9-24-43(36)52(47)55-51(38)46)54(49-30-15-27-45-44-25-10-11-29-48(44)53(2,3)50(45)49)40-22-12-19-37(33-40)42-26-13-18-35-16-6-8-23-41(35)42/h4-34H,1H2,2-3H3/b21-5-,39-34-. The van der Waals surface area contributed by atoms with Gasteiger partial charge in [-0.05, 0) is 86.0 Å². The molecule has 0 spiro atoms. The van der Waals surface area contributed by atoms with Crippen molar-refractivity contribution in [3.63, 3.8) is 0 Å². The highest BCUT2D eigenvalue weighted by molar-refractivity contribution is 6.16. The van der Waals surface area contributed by atoms with Gasteiger partial charge < -0.3 is 9.32 Å². The van der Waals surface area contributed by atoms with Crippen molar-refractivity contribution in [2.24, 2.45) is 0 Å². The highest BCUT2D eigenvalue weighted by Crippen LogP contribution is 2.54. The number of nitrogens with zero attached hydrogens (tertiary/aromatic N) is 1. The third-order valence-corrected chi connectivity index (χ3v) is 11.4. The topological polar surface area (TPSA) is 16.4 Å². The lowest BCUT2D eigenvalue weighted by atomic mass is 9.81. The minimum atomic E-state index is -0.235. The lowest BCUT2D eigenvalue weighted by Gasteiger charge is -2.33. The van der Waals surface area contributed by atoms with Crippen LogP contribution in [0.25, 0.3) is 71.8 Å². The molecule has 2 heteroatoms. The molecule has 0 aliphatic heterocycles. The molecule has 10 rings (SSSR count).